The van der Waals surface area contributed by atoms with E-state index in [1.165, 1.54) is 7.11 Å². The molecule has 0 saturated heterocycles. The quantitative estimate of drug-likeness (QED) is 0.685. The number of nitrogens with zero attached hydrogens (tertiary/aromatic N) is 2. The molecular formula is C18H30N4O5. The zero-order valence-electron chi connectivity index (χ0n) is 17.1. The maximum atomic E-state index is 12.7. The van der Waals surface area contributed by atoms with Gasteiger partial charge in [-0.25, -0.2) is 14.6 Å². The standard InChI is InChI=1S/C18H30N4O5/c1-17(2,3)27-16(25)20-10-18(4,5)15(24)21-13(14(23)26-7)8-12-9-19-11-22(12)6/h9,11,13H,8,10H2,1-7H3,(H,20,25)(H,21,24). The van der Waals surface area contributed by atoms with E-state index in [0.717, 1.165) is 5.69 Å². The number of esters is 1. The number of hydrogen-bond donors (Lipinski definition) is 2. The zero-order chi connectivity index (χ0) is 20.8. The van der Waals surface area contributed by atoms with Gasteiger partial charge in [0.1, 0.15) is 11.6 Å². The number of nitrogens with one attached hydrogen (secondary N) is 2. The molecule has 0 aliphatic carbocycles. The molecule has 0 aromatic carbocycles. The van der Waals surface area contributed by atoms with Gasteiger partial charge in [-0.05, 0) is 34.6 Å². The number of hydrogen-bond acceptors (Lipinski definition) is 6. The van der Waals surface area contributed by atoms with Crippen LogP contribution in [0.25, 0.3) is 0 Å². The van der Waals surface area contributed by atoms with Crippen LogP contribution in [0, 0.1) is 5.41 Å². The highest BCUT2D eigenvalue weighted by atomic mass is 16.6. The Labute approximate surface area is 159 Å². The summed E-state index contributed by atoms with van der Waals surface area (Å²) in [4.78, 5) is 40.6. The number of alkyl carbamates (subject to hydrolysis) is 1. The van der Waals surface area contributed by atoms with Crippen LogP contribution in [0.15, 0.2) is 12.5 Å². The van der Waals surface area contributed by atoms with Gasteiger partial charge in [0.25, 0.3) is 0 Å². The minimum atomic E-state index is -0.963. The summed E-state index contributed by atoms with van der Waals surface area (Å²) < 4.78 is 11.7. The second kappa shape index (κ2) is 8.88. The van der Waals surface area contributed by atoms with E-state index in [1.54, 1.807) is 58.8 Å². The number of aryl methyl sites for hydroxylation is 1. The molecule has 152 valence electrons. The molecule has 27 heavy (non-hydrogen) atoms. The molecule has 1 aromatic rings. The first-order chi connectivity index (χ1) is 12.4. The Balaban J connectivity index is 2.73. The van der Waals surface area contributed by atoms with Crippen LogP contribution in [-0.2, 0) is 32.5 Å². The van der Waals surface area contributed by atoms with Gasteiger partial charge in [0.15, 0.2) is 0 Å². The number of amides is 2. The third kappa shape index (κ3) is 7.28. The van der Waals surface area contributed by atoms with E-state index in [-0.39, 0.29) is 13.0 Å². The molecule has 0 spiro atoms. The van der Waals surface area contributed by atoms with Crippen molar-refractivity contribution >= 4 is 18.0 Å². The van der Waals surface area contributed by atoms with Gasteiger partial charge >= 0.3 is 12.1 Å². The molecule has 1 heterocycles. The normalized spacial score (nSPS) is 12.9. The van der Waals surface area contributed by atoms with Crippen LogP contribution in [0.1, 0.15) is 40.3 Å². The number of imidazole rings is 1. The van der Waals surface area contributed by atoms with Crippen molar-refractivity contribution in [2.45, 2.75) is 52.7 Å². The molecule has 1 unspecified atom stereocenters. The number of ether oxygens (including phenoxy) is 2. The molecule has 0 saturated carbocycles. The SMILES string of the molecule is COC(=O)C(Cc1cncn1C)NC(=O)C(C)(C)CNC(=O)OC(C)(C)C. The number of carbonyl (C=O) groups excluding carboxylic acids is 3. The molecule has 0 bridgehead atoms. The highest BCUT2D eigenvalue weighted by Crippen LogP contribution is 2.16. The Kier molecular flexibility index (Phi) is 7.38. The lowest BCUT2D eigenvalue weighted by Gasteiger charge is -2.27. The van der Waals surface area contributed by atoms with Crippen LogP contribution in [-0.4, -0.2) is 52.8 Å². The molecule has 2 N–H and O–H groups in total. The van der Waals surface area contributed by atoms with E-state index < -0.39 is 35.0 Å². The largest absolute Gasteiger partial charge is 0.467 e. The summed E-state index contributed by atoms with van der Waals surface area (Å²) in [7, 11) is 3.06. The summed E-state index contributed by atoms with van der Waals surface area (Å²) in [5.74, 6) is -0.948. The van der Waals surface area contributed by atoms with E-state index in [0.29, 0.717) is 0 Å². The molecule has 1 atom stereocenters. The van der Waals surface area contributed by atoms with E-state index in [2.05, 4.69) is 15.6 Å². The van der Waals surface area contributed by atoms with Crippen molar-refractivity contribution in [2.75, 3.05) is 13.7 Å². The van der Waals surface area contributed by atoms with E-state index >= 15 is 0 Å². The van der Waals surface area contributed by atoms with Crippen LogP contribution < -0.4 is 10.6 Å². The fourth-order valence-corrected chi connectivity index (χ4v) is 2.17. The molecule has 0 fully saturated rings. The number of rotatable bonds is 7. The summed E-state index contributed by atoms with van der Waals surface area (Å²) in [6, 6.07) is -0.862. The third-order valence-corrected chi connectivity index (χ3v) is 3.81. The molecule has 1 rings (SSSR count). The van der Waals surface area contributed by atoms with Crippen LogP contribution in [0.4, 0.5) is 4.79 Å². The van der Waals surface area contributed by atoms with Gasteiger partial charge in [0, 0.05) is 31.9 Å². The molecule has 2 amide bonds. The van der Waals surface area contributed by atoms with Gasteiger partial charge in [0.2, 0.25) is 5.91 Å². The molecule has 1 aromatic heterocycles. The summed E-state index contributed by atoms with van der Waals surface area (Å²) in [6.07, 6.45) is 2.87. The van der Waals surface area contributed by atoms with E-state index in [1.807, 2.05) is 0 Å². The predicted octanol–water partition coefficient (Wildman–Crippen LogP) is 1.17. The second-order valence-electron chi connectivity index (χ2n) is 7.99. The lowest BCUT2D eigenvalue weighted by atomic mass is 9.91. The lowest BCUT2D eigenvalue weighted by molar-refractivity contribution is -0.146. The number of aromatic nitrogens is 2. The van der Waals surface area contributed by atoms with Gasteiger partial charge < -0.3 is 24.7 Å². The van der Waals surface area contributed by atoms with Gasteiger partial charge in [-0.3, -0.25) is 4.79 Å². The minimum absolute atomic E-state index is 0.0490. The van der Waals surface area contributed by atoms with Crippen molar-refractivity contribution in [3.8, 4) is 0 Å². The van der Waals surface area contributed by atoms with Crippen molar-refractivity contribution in [3.63, 3.8) is 0 Å². The smallest absolute Gasteiger partial charge is 0.407 e. The maximum absolute atomic E-state index is 12.7. The van der Waals surface area contributed by atoms with Crippen molar-refractivity contribution in [1.29, 1.82) is 0 Å². The summed E-state index contributed by atoms with van der Waals surface area (Å²) in [5, 5.41) is 5.28. The van der Waals surface area contributed by atoms with Crippen molar-refractivity contribution in [3.05, 3.63) is 18.2 Å². The summed E-state index contributed by atoms with van der Waals surface area (Å²) >= 11 is 0. The Morgan fingerprint density at radius 2 is 1.85 bits per heavy atom. The van der Waals surface area contributed by atoms with E-state index in [9.17, 15) is 14.4 Å². The molecule has 0 radical (unpaired) electrons. The van der Waals surface area contributed by atoms with Crippen LogP contribution in [0.2, 0.25) is 0 Å². The van der Waals surface area contributed by atoms with Crippen LogP contribution >= 0.6 is 0 Å². The number of methoxy groups -OCH3 is 1. The lowest BCUT2D eigenvalue weighted by Crippen LogP contribution is -2.51. The fraction of sp³-hybridized carbons (Fsp3) is 0.667. The van der Waals surface area contributed by atoms with Crippen molar-refractivity contribution in [2.24, 2.45) is 12.5 Å². The van der Waals surface area contributed by atoms with Crippen LogP contribution in [0.3, 0.4) is 0 Å². The third-order valence-electron chi connectivity index (χ3n) is 3.81. The molecular weight excluding hydrogens is 352 g/mol. The zero-order valence-corrected chi connectivity index (χ0v) is 17.1. The van der Waals surface area contributed by atoms with Crippen LogP contribution in [0.5, 0.6) is 0 Å². The first-order valence-electron chi connectivity index (χ1n) is 8.66. The van der Waals surface area contributed by atoms with E-state index in [4.69, 9.17) is 9.47 Å². The predicted molar refractivity (Wildman–Crippen MR) is 98.9 cm³/mol. The highest BCUT2D eigenvalue weighted by Gasteiger charge is 2.33. The highest BCUT2D eigenvalue weighted by molar-refractivity contribution is 5.88. The summed E-state index contributed by atoms with van der Waals surface area (Å²) in [5.41, 5.74) is -0.819. The second-order valence-corrected chi connectivity index (χ2v) is 7.99. The summed E-state index contributed by atoms with van der Waals surface area (Å²) in [6.45, 7) is 8.64. The molecule has 9 nitrogen and oxygen atoms in total. The monoisotopic (exact) mass is 382 g/mol. The molecule has 9 heteroatoms. The Hall–Kier alpha value is -2.58. The fourth-order valence-electron chi connectivity index (χ4n) is 2.17. The maximum Gasteiger partial charge on any atom is 0.407 e. The van der Waals surface area contributed by atoms with Crippen molar-refractivity contribution in [1.82, 2.24) is 20.2 Å². The topological polar surface area (TPSA) is 112 Å². The average Bonchev–Trinajstić information content (AvgIpc) is 2.95. The molecule has 0 aliphatic heterocycles. The van der Waals surface area contributed by atoms with Gasteiger partial charge in [0.05, 0.1) is 18.9 Å². The Bertz CT molecular complexity index is 676. The molecule has 0 aliphatic rings. The first kappa shape index (κ1) is 22.5. The van der Waals surface area contributed by atoms with Gasteiger partial charge in [-0.1, -0.05) is 0 Å². The number of carbonyl (C=O) groups is 3. The minimum Gasteiger partial charge on any atom is -0.467 e. The Morgan fingerprint density at radius 1 is 1.22 bits per heavy atom. The first-order valence-corrected chi connectivity index (χ1v) is 8.66. The Morgan fingerprint density at radius 3 is 2.33 bits per heavy atom. The van der Waals surface area contributed by atoms with Gasteiger partial charge in [-0.2, -0.15) is 0 Å². The van der Waals surface area contributed by atoms with Crippen molar-refractivity contribution < 1.29 is 23.9 Å². The van der Waals surface area contributed by atoms with Gasteiger partial charge in [-0.15, -0.1) is 0 Å². The average molecular weight is 382 g/mol.